The van der Waals surface area contributed by atoms with Crippen LogP contribution in [-0.4, -0.2) is 31.4 Å². The Kier molecular flexibility index (Phi) is 5.89. The van der Waals surface area contributed by atoms with Crippen molar-refractivity contribution in [2.45, 2.75) is 12.5 Å². The van der Waals surface area contributed by atoms with Crippen LogP contribution in [0.2, 0.25) is 5.02 Å². The summed E-state index contributed by atoms with van der Waals surface area (Å²) in [5.41, 5.74) is 5.42. The SMILES string of the molecule is NC(=O)CC(NS(=O)(=O)/C=C/c1ccc(Cl)cc1)C(=O)O. The van der Waals surface area contributed by atoms with Gasteiger partial charge in [0.1, 0.15) is 6.04 Å². The number of nitrogens with one attached hydrogen (secondary N) is 1. The molecule has 1 rings (SSSR count). The molecule has 1 amide bonds. The molecule has 1 unspecified atom stereocenters. The van der Waals surface area contributed by atoms with E-state index in [4.69, 9.17) is 22.4 Å². The number of sulfonamides is 1. The number of carboxylic acids is 1. The largest absolute Gasteiger partial charge is 0.480 e. The van der Waals surface area contributed by atoms with Crippen LogP contribution in [0.25, 0.3) is 6.08 Å². The van der Waals surface area contributed by atoms with Crippen molar-refractivity contribution in [1.29, 1.82) is 0 Å². The van der Waals surface area contributed by atoms with Crippen molar-refractivity contribution in [2.24, 2.45) is 5.73 Å². The van der Waals surface area contributed by atoms with Gasteiger partial charge in [0.05, 0.1) is 6.42 Å². The summed E-state index contributed by atoms with van der Waals surface area (Å²) in [6.07, 6.45) is 0.630. The van der Waals surface area contributed by atoms with Gasteiger partial charge in [-0.2, -0.15) is 4.72 Å². The van der Waals surface area contributed by atoms with Crippen molar-refractivity contribution >= 4 is 39.6 Å². The third-order valence-corrected chi connectivity index (χ3v) is 3.68. The highest BCUT2D eigenvalue weighted by molar-refractivity contribution is 7.92. The lowest BCUT2D eigenvalue weighted by molar-refractivity contribution is -0.140. The Morgan fingerprint density at radius 3 is 2.38 bits per heavy atom. The quantitative estimate of drug-likeness (QED) is 0.672. The molecule has 0 aromatic heterocycles. The molecule has 0 aliphatic heterocycles. The lowest BCUT2D eigenvalue weighted by Gasteiger charge is -2.10. The van der Waals surface area contributed by atoms with Crippen LogP contribution in [0.3, 0.4) is 0 Å². The van der Waals surface area contributed by atoms with E-state index < -0.39 is 34.4 Å². The zero-order valence-electron chi connectivity index (χ0n) is 10.7. The zero-order valence-corrected chi connectivity index (χ0v) is 12.3. The first-order valence-electron chi connectivity index (χ1n) is 5.67. The summed E-state index contributed by atoms with van der Waals surface area (Å²) < 4.78 is 25.3. The third kappa shape index (κ3) is 6.39. The number of rotatable bonds is 7. The number of carbonyl (C=O) groups is 2. The second kappa shape index (κ2) is 7.21. The van der Waals surface area contributed by atoms with E-state index in [0.717, 1.165) is 5.41 Å². The summed E-state index contributed by atoms with van der Waals surface area (Å²) in [5.74, 6) is -2.41. The summed E-state index contributed by atoms with van der Waals surface area (Å²) in [4.78, 5) is 21.6. The minimum absolute atomic E-state index is 0.500. The molecule has 114 valence electrons. The van der Waals surface area contributed by atoms with E-state index in [-0.39, 0.29) is 0 Å². The maximum Gasteiger partial charge on any atom is 0.322 e. The van der Waals surface area contributed by atoms with E-state index in [1.807, 2.05) is 4.72 Å². The lowest BCUT2D eigenvalue weighted by atomic mass is 10.2. The minimum Gasteiger partial charge on any atom is -0.480 e. The van der Waals surface area contributed by atoms with Crippen LogP contribution >= 0.6 is 11.6 Å². The van der Waals surface area contributed by atoms with Gasteiger partial charge in [0, 0.05) is 10.4 Å². The highest BCUT2D eigenvalue weighted by Gasteiger charge is 2.24. The van der Waals surface area contributed by atoms with Gasteiger partial charge in [-0.1, -0.05) is 23.7 Å². The van der Waals surface area contributed by atoms with Gasteiger partial charge >= 0.3 is 5.97 Å². The van der Waals surface area contributed by atoms with Gasteiger partial charge in [0.15, 0.2) is 0 Å². The van der Waals surface area contributed by atoms with Crippen LogP contribution in [0.15, 0.2) is 29.7 Å². The van der Waals surface area contributed by atoms with E-state index in [1.165, 1.54) is 6.08 Å². The van der Waals surface area contributed by atoms with Crippen LogP contribution in [0.4, 0.5) is 0 Å². The minimum atomic E-state index is -4.03. The van der Waals surface area contributed by atoms with E-state index in [2.05, 4.69) is 0 Å². The second-order valence-corrected chi connectivity index (χ2v) is 6.11. The summed E-state index contributed by atoms with van der Waals surface area (Å²) in [5, 5.41) is 10.1. The van der Waals surface area contributed by atoms with Crippen molar-refractivity contribution in [3.05, 3.63) is 40.3 Å². The van der Waals surface area contributed by atoms with Gasteiger partial charge in [-0.3, -0.25) is 9.59 Å². The molecule has 1 aromatic rings. The Morgan fingerprint density at radius 2 is 1.90 bits per heavy atom. The van der Waals surface area contributed by atoms with Crippen LogP contribution < -0.4 is 10.5 Å². The van der Waals surface area contributed by atoms with Crippen molar-refractivity contribution in [3.63, 3.8) is 0 Å². The van der Waals surface area contributed by atoms with E-state index >= 15 is 0 Å². The number of hydrogen-bond acceptors (Lipinski definition) is 4. The Hall–Kier alpha value is -1.90. The predicted molar refractivity (Wildman–Crippen MR) is 77.8 cm³/mol. The molecule has 0 radical (unpaired) electrons. The normalized spacial score (nSPS) is 13.2. The molecule has 21 heavy (non-hydrogen) atoms. The molecule has 0 aliphatic carbocycles. The number of primary amides is 1. The third-order valence-electron chi connectivity index (χ3n) is 2.32. The van der Waals surface area contributed by atoms with Crippen LogP contribution in [0.5, 0.6) is 0 Å². The number of amides is 1. The Morgan fingerprint density at radius 1 is 1.33 bits per heavy atom. The van der Waals surface area contributed by atoms with Gasteiger partial charge < -0.3 is 10.8 Å². The zero-order chi connectivity index (χ0) is 16.0. The van der Waals surface area contributed by atoms with Gasteiger partial charge in [-0.15, -0.1) is 0 Å². The van der Waals surface area contributed by atoms with Crippen LogP contribution in [0, 0.1) is 0 Å². The maximum atomic E-state index is 11.7. The summed E-state index contributed by atoms with van der Waals surface area (Å²) in [6.45, 7) is 0. The molecule has 4 N–H and O–H groups in total. The summed E-state index contributed by atoms with van der Waals surface area (Å²) in [6, 6.07) is 4.73. The van der Waals surface area contributed by atoms with Gasteiger partial charge in [0.2, 0.25) is 15.9 Å². The number of nitrogens with two attached hydrogens (primary N) is 1. The molecule has 0 fully saturated rings. The highest BCUT2D eigenvalue weighted by atomic mass is 35.5. The van der Waals surface area contributed by atoms with Crippen LogP contribution in [0.1, 0.15) is 12.0 Å². The molecule has 0 spiro atoms. The number of carboxylic acid groups (broad SMARTS) is 1. The second-order valence-electron chi connectivity index (χ2n) is 4.08. The highest BCUT2D eigenvalue weighted by Crippen LogP contribution is 2.11. The van der Waals surface area contributed by atoms with Crippen molar-refractivity contribution in [3.8, 4) is 0 Å². The molecule has 0 aliphatic rings. The van der Waals surface area contributed by atoms with Crippen LogP contribution in [-0.2, 0) is 19.6 Å². The lowest BCUT2D eigenvalue weighted by Crippen LogP contribution is -2.42. The van der Waals surface area contributed by atoms with Gasteiger partial charge in [-0.05, 0) is 23.8 Å². The molecule has 1 aromatic carbocycles. The average Bonchev–Trinajstić information content (AvgIpc) is 2.36. The van der Waals surface area contributed by atoms with Crippen molar-refractivity contribution in [1.82, 2.24) is 4.72 Å². The molecule has 7 nitrogen and oxygen atoms in total. The predicted octanol–water partition coefficient (Wildman–Crippen LogP) is 0.559. The maximum absolute atomic E-state index is 11.7. The Labute approximate surface area is 126 Å². The van der Waals surface area contributed by atoms with Crippen molar-refractivity contribution in [2.75, 3.05) is 0 Å². The topological polar surface area (TPSA) is 127 Å². The van der Waals surface area contributed by atoms with E-state index in [1.54, 1.807) is 24.3 Å². The molecular formula is C12H13ClN2O5S. The smallest absolute Gasteiger partial charge is 0.322 e. The van der Waals surface area contributed by atoms with E-state index in [9.17, 15) is 18.0 Å². The van der Waals surface area contributed by atoms with Gasteiger partial charge in [-0.25, -0.2) is 8.42 Å². The molecule has 0 bridgehead atoms. The summed E-state index contributed by atoms with van der Waals surface area (Å²) >= 11 is 5.69. The number of hydrogen-bond donors (Lipinski definition) is 3. The molecule has 0 saturated carbocycles. The molecule has 9 heteroatoms. The molecule has 1 atom stereocenters. The fourth-order valence-electron chi connectivity index (χ4n) is 1.36. The fourth-order valence-corrected chi connectivity index (χ4v) is 2.48. The number of halogens is 1. The molecule has 0 saturated heterocycles. The standard InChI is InChI=1S/C12H13ClN2O5S/c13-9-3-1-8(2-4-9)5-6-21(19,20)15-10(12(17)18)7-11(14)16/h1-6,10,15H,7H2,(H2,14,16)(H,17,18)/b6-5+. The summed E-state index contributed by atoms with van der Waals surface area (Å²) in [7, 11) is -4.03. The monoisotopic (exact) mass is 332 g/mol. The Balaban J connectivity index is 2.82. The number of carbonyl (C=O) groups excluding carboxylic acids is 1. The first-order chi connectivity index (χ1) is 9.69. The van der Waals surface area contributed by atoms with Gasteiger partial charge in [0.25, 0.3) is 0 Å². The first-order valence-corrected chi connectivity index (χ1v) is 7.59. The fraction of sp³-hybridized carbons (Fsp3) is 0.167. The van der Waals surface area contributed by atoms with Crippen molar-refractivity contribution < 1.29 is 23.1 Å². The average molecular weight is 333 g/mol. The Bertz CT molecular complexity index is 655. The first kappa shape index (κ1) is 17.2. The number of benzene rings is 1. The molecule has 0 heterocycles. The van der Waals surface area contributed by atoms with E-state index in [0.29, 0.717) is 10.6 Å². The number of aliphatic carboxylic acids is 1. The molecular weight excluding hydrogens is 320 g/mol.